The van der Waals surface area contributed by atoms with Crippen molar-refractivity contribution in [3.63, 3.8) is 0 Å². The number of carbonyl (C=O) groups excluding carboxylic acids is 1. The third kappa shape index (κ3) is 4.01. The molecule has 0 bridgehead atoms. The number of hydrogen-bond donors (Lipinski definition) is 0. The summed E-state index contributed by atoms with van der Waals surface area (Å²) in [4.78, 5) is 11.5. The van der Waals surface area contributed by atoms with E-state index in [2.05, 4.69) is 83.1 Å². The van der Waals surface area contributed by atoms with Crippen molar-refractivity contribution >= 4 is 16.7 Å². The van der Waals surface area contributed by atoms with Gasteiger partial charge >= 0.3 is 5.97 Å². The zero-order valence-corrected chi connectivity index (χ0v) is 19.8. The normalized spacial score (nSPS) is 16.7. The minimum absolute atomic E-state index is 0.159. The number of fused-ring (bicyclic) bond motifs is 2. The van der Waals surface area contributed by atoms with Gasteiger partial charge in [0.05, 0.1) is 0 Å². The molecule has 0 heterocycles. The maximum atomic E-state index is 11.5. The Morgan fingerprint density at radius 3 is 2.23 bits per heavy atom. The van der Waals surface area contributed by atoms with Crippen LogP contribution in [0, 0.1) is 6.92 Å². The van der Waals surface area contributed by atoms with Gasteiger partial charge in [-0.3, -0.25) is 4.79 Å². The van der Waals surface area contributed by atoms with Gasteiger partial charge in [-0.15, -0.1) is 0 Å². The Kier molecular flexibility index (Phi) is 5.45. The lowest BCUT2D eigenvalue weighted by Crippen LogP contribution is -2.33. The largest absolute Gasteiger partial charge is 0.461 e. The number of esters is 1. The molecule has 1 aliphatic rings. The number of ether oxygens (including phenoxy) is 1. The maximum Gasteiger partial charge on any atom is 0.305 e. The Labute approximate surface area is 186 Å². The molecule has 1 aliphatic carbocycles. The minimum Gasteiger partial charge on any atom is -0.461 e. The molecule has 2 nitrogen and oxygen atoms in total. The number of hydrogen-bond acceptors (Lipinski definition) is 2. The van der Waals surface area contributed by atoms with Crippen LogP contribution in [0.15, 0.2) is 48.5 Å². The highest BCUT2D eigenvalue weighted by molar-refractivity contribution is 5.90. The maximum absolute atomic E-state index is 11.5. The number of benzene rings is 3. The Morgan fingerprint density at radius 1 is 0.871 bits per heavy atom. The van der Waals surface area contributed by atoms with Crippen molar-refractivity contribution in [2.45, 2.75) is 78.2 Å². The molecule has 0 aliphatic heterocycles. The number of rotatable bonds is 4. The highest BCUT2D eigenvalue weighted by Crippen LogP contribution is 2.46. The molecule has 2 heteroatoms. The molecule has 3 aromatic carbocycles. The molecule has 0 radical (unpaired) electrons. The Hall–Kier alpha value is -2.61. The van der Waals surface area contributed by atoms with Gasteiger partial charge in [-0.25, -0.2) is 0 Å². The molecule has 31 heavy (non-hydrogen) atoms. The van der Waals surface area contributed by atoms with Crippen molar-refractivity contribution in [1.82, 2.24) is 0 Å². The topological polar surface area (TPSA) is 26.3 Å². The summed E-state index contributed by atoms with van der Waals surface area (Å²) in [6.45, 7) is 13.8. The van der Waals surface area contributed by atoms with E-state index in [1.54, 1.807) is 0 Å². The average Bonchev–Trinajstić information content (AvgIpc) is 2.76. The fourth-order valence-electron chi connectivity index (χ4n) is 4.89. The van der Waals surface area contributed by atoms with E-state index in [1.165, 1.54) is 51.4 Å². The molecule has 162 valence electrons. The Bertz CT molecular complexity index is 1150. The second kappa shape index (κ2) is 7.82. The van der Waals surface area contributed by atoms with Crippen LogP contribution in [0.4, 0.5) is 0 Å². The molecule has 0 spiro atoms. The molecule has 0 amide bonds. The highest BCUT2D eigenvalue weighted by Gasteiger charge is 2.36. The van der Waals surface area contributed by atoms with Crippen LogP contribution in [0.1, 0.15) is 76.1 Å². The average molecular weight is 415 g/mol. The van der Waals surface area contributed by atoms with E-state index in [0.717, 1.165) is 5.56 Å². The first-order chi connectivity index (χ1) is 14.6. The Morgan fingerprint density at radius 2 is 1.52 bits per heavy atom. The van der Waals surface area contributed by atoms with Crippen molar-refractivity contribution in [3.8, 4) is 11.1 Å². The lowest BCUT2D eigenvalue weighted by molar-refractivity contribution is -0.144. The fraction of sp³-hybridized carbons (Fsp3) is 0.414. The van der Waals surface area contributed by atoms with Gasteiger partial charge in [0.2, 0.25) is 0 Å². The van der Waals surface area contributed by atoms with E-state index in [4.69, 9.17) is 4.74 Å². The molecule has 0 atom stereocenters. The van der Waals surface area contributed by atoms with Gasteiger partial charge in [-0.1, -0.05) is 77.1 Å². The molecule has 0 saturated carbocycles. The Balaban J connectivity index is 1.72. The molecule has 4 rings (SSSR count). The summed E-state index contributed by atoms with van der Waals surface area (Å²) in [5.74, 6) is -0.159. The predicted octanol–water partition coefficient (Wildman–Crippen LogP) is 7.62. The summed E-state index contributed by atoms with van der Waals surface area (Å²) in [6, 6.07) is 18.0. The highest BCUT2D eigenvalue weighted by atomic mass is 16.5. The van der Waals surface area contributed by atoms with Gasteiger partial charge < -0.3 is 4.74 Å². The second-order valence-corrected chi connectivity index (χ2v) is 10.3. The molecule has 0 N–H and O–H groups in total. The van der Waals surface area contributed by atoms with E-state index >= 15 is 0 Å². The monoisotopic (exact) mass is 414 g/mol. The van der Waals surface area contributed by atoms with Crippen LogP contribution in [0.25, 0.3) is 21.9 Å². The van der Waals surface area contributed by atoms with E-state index in [-0.39, 0.29) is 16.8 Å². The van der Waals surface area contributed by atoms with E-state index < -0.39 is 0 Å². The van der Waals surface area contributed by atoms with Crippen LogP contribution in [0.3, 0.4) is 0 Å². The predicted molar refractivity (Wildman–Crippen MR) is 129 cm³/mol. The van der Waals surface area contributed by atoms with Crippen molar-refractivity contribution in [2.24, 2.45) is 0 Å². The van der Waals surface area contributed by atoms with Crippen LogP contribution in [-0.4, -0.2) is 5.97 Å². The summed E-state index contributed by atoms with van der Waals surface area (Å²) in [7, 11) is 0. The summed E-state index contributed by atoms with van der Waals surface area (Å²) in [5.41, 5.74) is 8.21. The second-order valence-electron chi connectivity index (χ2n) is 10.3. The SMILES string of the molecule is CCC(=O)OCc1ccc2cc(-c3ccc4c(c3)C(C)(C)CCC4(C)C)ccc2c1C. The standard InChI is InChI=1S/C29H34O2/c1-7-27(30)31-18-23-9-8-22-16-20(10-12-24(22)19(23)2)21-11-13-25-26(17-21)29(5,6)15-14-28(25,3)4/h8-13,16-17H,7,14-15,18H2,1-6H3. The molecular formula is C29H34O2. The van der Waals surface area contributed by atoms with Gasteiger partial charge in [0.25, 0.3) is 0 Å². The summed E-state index contributed by atoms with van der Waals surface area (Å²) in [5, 5.41) is 2.44. The molecular weight excluding hydrogens is 380 g/mol. The van der Waals surface area contributed by atoms with E-state index in [9.17, 15) is 4.79 Å². The first kappa shape index (κ1) is 21.6. The minimum atomic E-state index is -0.159. The summed E-state index contributed by atoms with van der Waals surface area (Å²) < 4.78 is 5.35. The molecule has 0 unspecified atom stereocenters. The van der Waals surface area contributed by atoms with Crippen molar-refractivity contribution in [3.05, 3.63) is 70.8 Å². The van der Waals surface area contributed by atoms with E-state index in [1.807, 2.05) is 6.92 Å². The number of aryl methyl sites for hydroxylation is 1. The van der Waals surface area contributed by atoms with Gasteiger partial charge in [0, 0.05) is 6.42 Å². The number of carbonyl (C=O) groups is 1. The first-order valence-electron chi connectivity index (χ1n) is 11.5. The molecule has 3 aromatic rings. The lowest BCUT2D eigenvalue weighted by Gasteiger charge is -2.42. The summed E-state index contributed by atoms with van der Waals surface area (Å²) >= 11 is 0. The third-order valence-electron chi connectivity index (χ3n) is 7.26. The smallest absolute Gasteiger partial charge is 0.305 e. The molecule has 0 aromatic heterocycles. The summed E-state index contributed by atoms with van der Waals surface area (Å²) in [6.07, 6.45) is 2.86. The fourth-order valence-corrected chi connectivity index (χ4v) is 4.89. The first-order valence-corrected chi connectivity index (χ1v) is 11.5. The zero-order valence-electron chi connectivity index (χ0n) is 19.8. The van der Waals surface area contributed by atoms with Crippen molar-refractivity contribution in [2.75, 3.05) is 0 Å². The molecule has 0 saturated heterocycles. The zero-order chi connectivity index (χ0) is 22.4. The van der Waals surface area contributed by atoms with Gasteiger partial charge in [-0.05, 0) is 80.8 Å². The quantitative estimate of drug-likeness (QED) is 0.410. The van der Waals surface area contributed by atoms with Crippen molar-refractivity contribution < 1.29 is 9.53 Å². The van der Waals surface area contributed by atoms with Crippen molar-refractivity contribution in [1.29, 1.82) is 0 Å². The van der Waals surface area contributed by atoms with Crippen LogP contribution in [0.5, 0.6) is 0 Å². The van der Waals surface area contributed by atoms with Gasteiger partial charge in [0.15, 0.2) is 0 Å². The molecule has 0 fully saturated rings. The van der Waals surface area contributed by atoms with E-state index in [0.29, 0.717) is 13.0 Å². The lowest BCUT2D eigenvalue weighted by atomic mass is 9.63. The third-order valence-corrected chi connectivity index (χ3v) is 7.26. The van der Waals surface area contributed by atoms with Gasteiger partial charge in [-0.2, -0.15) is 0 Å². The van der Waals surface area contributed by atoms with Crippen LogP contribution < -0.4 is 0 Å². The van der Waals surface area contributed by atoms with Crippen LogP contribution in [-0.2, 0) is 27.0 Å². The van der Waals surface area contributed by atoms with Gasteiger partial charge in [0.1, 0.15) is 6.61 Å². The van der Waals surface area contributed by atoms with Crippen LogP contribution >= 0.6 is 0 Å². The van der Waals surface area contributed by atoms with Crippen LogP contribution in [0.2, 0.25) is 0 Å².